The highest BCUT2D eigenvalue weighted by molar-refractivity contribution is 6.07. The van der Waals surface area contributed by atoms with E-state index in [2.05, 4.69) is 5.32 Å². The summed E-state index contributed by atoms with van der Waals surface area (Å²) < 4.78 is 14.5. The van der Waals surface area contributed by atoms with Gasteiger partial charge in [-0.15, -0.1) is 0 Å². The number of phenols is 1. The minimum Gasteiger partial charge on any atom is -0.508 e. The van der Waals surface area contributed by atoms with Gasteiger partial charge in [0.25, 0.3) is 5.91 Å². The minimum absolute atomic E-state index is 0.00842. The van der Waals surface area contributed by atoms with Crippen molar-refractivity contribution in [1.29, 1.82) is 5.41 Å². The number of hydrogen-bond acceptors (Lipinski definition) is 4. The van der Waals surface area contributed by atoms with Crippen LogP contribution in [0.2, 0.25) is 0 Å². The van der Waals surface area contributed by atoms with Gasteiger partial charge in [-0.05, 0) is 41.3 Å². The summed E-state index contributed by atoms with van der Waals surface area (Å²) in [6.07, 6.45) is 0. The molecule has 0 aromatic heterocycles. The Bertz CT molecular complexity index is 1020. The fourth-order valence-electron chi connectivity index (χ4n) is 3.51. The summed E-state index contributed by atoms with van der Waals surface area (Å²) in [4.78, 5) is 26.3. The molecular formula is C22H24FN3O3. The van der Waals surface area contributed by atoms with Crippen LogP contribution in [-0.4, -0.2) is 41.1 Å². The van der Waals surface area contributed by atoms with Crippen LogP contribution >= 0.6 is 0 Å². The first-order valence-corrected chi connectivity index (χ1v) is 9.28. The number of nitrogens with zero attached hydrogens (tertiary/aromatic N) is 1. The predicted octanol–water partition coefficient (Wildman–Crippen LogP) is 3.21. The van der Waals surface area contributed by atoms with E-state index in [1.54, 1.807) is 12.1 Å². The Labute approximate surface area is 168 Å². The molecule has 0 bridgehead atoms. The van der Waals surface area contributed by atoms with Crippen LogP contribution in [0.25, 0.3) is 0 Å². The van der Waals surface area contributed by atoms with Gasteiger partial charge in [-0.2, -0.15) is 0 Å². The number of phenolic OH excluding ortho intramolecular Hbond substituents is 1. The lowest BCUT2D eigenvalue weighted by Gasteiger charge is -2.24. The van der Waals surface area contributed by atoms with Gasteiger partial charge >= 0.3 is 0 Å². The smallest absolute Gasteiger partial charge is 0.251 e. The normalized spacial score (nSPS) is 13.4. The van der Waals surface area contributed by atoms with Crippen LogP contribution in [0.4, 0.5) is 4.39 Å². The molecule has 7 heteroatoms. The van der Waals surface area contributed by atoms with E-state index < -0.39 is 11.7 Å². The number of Topliss-reactive ketones (excluding diaryl/α,β-unsaturated/α-hetero) is 1. The zero-order chi connectivity index (χ0) is 21.5. The Morgan fingerprint density at radius 1 is 1.24 bits per heavy atom. The minimum atomic E-state index is -0.569. The van der Waals surface area contributed by atoms with Gasteiger partial charge < -0.3 is 15.3 Å². The Hall–Kier alpha value is -3.22. The molecule has 2 aromatic carbocycles. The zero-order valence-electron chi connectivity index (χ0n) is 16.9. The lowest BCUT2D eigenvalue weighted by molar-refractivity contribution is 0.0954. The number of carbonyl (C=O) groups is 2. The average molecular weight is 397 g/mol. The topological polar surface area (TPSA) is 93.5 Å². The molecule has 0 fully saturated rings. The number of aromatic hydroxyl groups is 1. The maximum absolute atomic E-state index is 14.5. The third-order valence-corrected chi connectivity index (χ3v) is 5.05. The van der Waals surface area contributed by atoms with Gasteiger partial charge in [-0.1, -0.05) is 20.8 Å². The molecule has 1 aliphatic rings. The molecule has 2 aromatic rings. The van der Waals surface area contributed by atoms with E-state index in [1.165, 1.54) is 24.1 Å². The molecule has 1 amide bonds. The molecule has 1 heterocycles. The van der Waals surface area contributed by atoms with E-state index >= 15 is 0 Å². The molecule has 3 rings (SSSR count). The number of amidine groups is 1. The highest BCUT2D eigenvalue weighted by Gasteiger charge is 2.31. The number of rotatable bonds is 4. The van der Waals surface area contributed by atoms with Crippen LogP contribution in [0.5, 0.6) is 5.75 Å². The van der Waals surface area contributed by atoms with Crippen LogP contribution < -0.4 is 5.32 Å². The van der Waals surface area contributed by atoms with Gasteiger partial charge in [0.1, 0.15) is 17.4 Å². The standard InChI is InChI=1S/C22H24FN3O3/c1-22(2,3)17-9-13(27)5-6-14(17)19(28)11-26-10-16-15(20(26)24)7-12(8-18(16)23)21(29)25-4/h5-9,24,27H,10-11H2,1-4H3,(H,25,29). The van der Waals surface area contributed by atoms with Gasteiger partial charge in [-0.3, -0.25) is 15.0 Å². The van der Waals surface area contributed by atoms with Crippen LogP contribution in [0.15, 0.2) is 30.3 Å². The molecule has 0 atom stereocenters. The number of nitrogens with one attached hydrogen (secondary N) is 2. The summed E-state index contributed by atoms with van der Waals surface area (Å²) in [7, 11) is 1.45. The van der Waals surface area contributed by atoms with Crippen molar-refractivity contribution in [2.24, 2.45) is 0 Å². The number of benzene rings is 2. The summed E-state index contributed by atoms with van der Waals surface area (Å²) in [5, 5.41) is 20.6. The largest absolute Gasteiger partial charge is 0.508 e. The van der Waals surface area contributed by atoms with Gasteiger partial charge in [0.05, 0.1) is 6.54 Å². The maximum atomic E-state index is 14.5. The summed E-state index contributed by atoms with van der Waals surface area (Å²) in [6.45, 7) is 5.82. The monoisotopic (exact) mass is 397 g/mol. The first-order valence-electron chi connectivity index (χ1n) is 9.28. The van der Waals surface area contributed by atoms with Crippen LogP contribution in [0.3, 0.4) is 0 Å². The second kappa shape index (κ2) is 7.31. The summed E-state index contributed by atoms with van der Waals surface area (Å²) >= 11 is 0. The molecule has 152 valence electrons. The second-order valence-electron chi connectivity index (χ2n) is 8.17. The van der Waals surface area contributed by atoms with Gasteiger partial charge in [-0.25, -0.2) is 4.39 Å². The van der Waals surface area contributed by atoms with Crippen molar-refractivity contribution in [1.82, 2.24) is 10.2 Å². The van der Waals surface area contributed by atoms with Gasteiger partial charge in [0.2, 0.25) is 0 Å². The van der Waals surface area contributed by atoms with E-state index in [9.17, 15) is 19.1 Å². The highest BCUT2D eigenvalue weighted by atomic mass is 19.1. The van der Waals surface area contributed by atoms with E-state index in [-0.39, 0.29) is 41.4 Å². The molecule has 0 radical (unpaired) electrons. The average Bonchev–Trinajstić information content (AvgIpc) is 2.96. The summed E-state index contributed by atoms with van der Waals surface area (Å²) in [6, 6.07) is 7.24. The van der Waals surface area contributed by atoms with Crippen molar-refractivity contribution < 1.29 is 19.1 Å². The third-order valence-electron chi connectivity index (χ3n) is 5.05. The van der Waals surface area contributed by atoms with E-state index in [0.29, 0.717) is 22.3 Å². The molecule has 29 heavy (non-hydrogen) atoms. The molecule has 3 N–H and O–H groups in total. The molecular weight excluding hydrogens is 373 g/mol. The van der Waals surface area contributed by atoms with Crippen molar-refractivity contribution in [2.75, 3.05) is 13.6 Å². The fraction of sp³-hybridized carbons (Fsp3) is 0.318. The Morgan fingerprint density at radius 3 is 2.55 bits per heavy atom. The predicted molar refractivity (Wildman–Crippen MR) is 108 cm³/mol. The maximum Gasteiger partial charge on any atom is 0.251 e. The molecule has 1 aliphatic heterocycles. The summed E-state index contributed by atoms with van der Waals surface area (Å²) in [5.41, 5.74) is 1.56. The first kappa shape index (κ1) is 20.5. The lowest BCUT2D eigenvalue weighted by atomic mass is 9.82. The number of hydrogen-bond donors (Lipinski definition) is 3. The fourth-order valence-corrected chi connectivity index (χ4v) is 3.51. The van der Waals surface area contributed by atoms with Crippen molar-refractivity contribution in [2.45, 2.75) is 32.7 Å². The van der Waals surface area contributed by atoms with Crippen LogP contribution in [-0.2, 0) is 12.0 Å². The molecule has 0 saturated heterocycles. The number of fused-ring (bicyclic) bond motifs is 1. The number of ketones is 1. The first-order chi connectivity index (χ1) is 13.5. The zero-order valence-corrected chi connectivity index (χ0v) is 16.9. The van der Waals surface area contributed by atoms with E-state index in [1.807, 2.05) is 20.8 Å². The Kier molecular flexibility index (Phi) is 5.17. The van der Waals surface area contributed by atoms with Crippen LogP contribution in [0, 0.1) is 11.2 Å². The van der Waals surface area contributed by atoms with Crippen molar-refractivity contribution in [3.63, 3.8) is 0 Å². The summed E-state index contributed by atoms with van der Waals surface area (Å²) in [5.74, 6) is -1.14. The van der Waals surface area contributed by atoms with Crippen LogP contribution in [0.1, 0.15) is 58.2 Å². The SMILES string of the molecule is CNC(=O)c1cc(F)c2c(c1)C(=N)N(CC(=O)c1ccc(O)cc1C(C)(C)C)C2. The number of halogens is 1. The van der Waals surface area contributed by atoms with Gasteiger partial charge in [0.15, 0.2) is 5.78 Å². The molecule has 0 spiro atoms. The van der Waals surface area contributed by atoms with E-state index in [4.69, 9.17) is 5.41 Å². The van der Waals surface area contributed by atoms with E-state index in [0.717, 1.165) is 6.07 Å². The molecule has 6 nitrogen and oxygen atoms in total. The third kappa shape index (κ3) is 3.85. The quantitative estimate of drug-likeness (QED) is 0.691. The van der Waals surface area contributed by atoms with Gasteiger partial charge in [0, 0.05) is 35.8 Å². The molecule has 0 aliphatic carbocycles. The van der Waals surface area contributed by atoms with Crippen molar-refractivity contribution in [3.05, 3.63) is 64.0 Å². The highest BCUT2D eigenvalue weighted by Crippen LogP contribution is 2.31. The number of amides is 1. The molecule has 0 unspecified atom stereocenters. The Balaban J connectivity index is 1.89. The van der Waals surface area contributed by atoms with Crippen molar-refractivity contribution >= 4 is 17.5 Å². The lowest BCUT2D eigenvalue weighted by Crippen LogP contribution is -2.31. The second-order valence-corrected chi connectivity index (χ2v) is 8.17. The Morgan fingerprint density at radius 2 is 1.93 bits per heavy atom. The van der Waals surface area contributed by atoms with Crippen molar-refractivity contribution in [3.8, 4) is 5.75 Å². The number of carbonyl (C=O) groups excluding carboxylic acids is 2. The molecule has 0 saturated carbocycles.